The highest BCUT2D eigenvalue weighted by atomic mass is 19.3. The van der Waals surface area contributed by atoms with Gasteiger partial charge in [-0.2, -0.15) is 5.10 Å². The van der Waals surface area contributed by atoms with Crippen molar-refractivity contribution in [2.75, 3.05) is 0 Å². The summed E-state index contributed by atoms with van der Waals surface area (Å²) in [7, 11) is 0. The molecular formula is C21H22F2N4O. The van der Waals surface area contributed by atoms with Crippen LogP contribution in [-0.4, -0.2) is 20.5 Å². The molecule has 0 saturated heterocycles. The molecular weight excluding hydrogens is 362 g/mol. The molecule has 5 nitrogen and oxygen atoms in total. The van der Waals surface area contributed by atoms with Gasteiger partial charge in [-0.3, -0.25) is 4.79 Å². The first-order valence-corrected chi connectivity index (χ1v) is 9.52. The Hall–Kier alpha value is -2.83. The summed E-state index contributed by atoms with van der Waals surface area (Å²) in [6.45, 7) is 3.98. The summed E-state index contributed by atoms with van der Waals surface area (Å²) >= 11 is 0. The van der Waals surface area contributed by atoms with E-state index >= 15 is 0 Å². The molecule has 1 atom stereocenters. The first-order valence-electron chi connectivity index (χ1n) is 9.52. The second-order valence-corrected chi connectivity index (χ2v) is 7.33. The molecule has 146 valence electrons. The Morgan fingerprint density at radius 1 is 1.25 bits per heavy atom. The van der Waals surface area contributed by atoms with Gasteiger partial charge in [0.15, 0.2) is 11.3 Å². The molecule has 1 unspecified atom stereocenters. The van der Waals surface area contributed by atoms with Crippen LogP contribution < -0.4 is 5.32 Å². The second-order valence-electron chi connectivity index (χ2n) is 7.33. The average Bonchev–Trinajstić information content (AvgIpc) is 3.44. The number of hydrogen-bond donors (Lipinski definition) is 1. The van der Waals surface area contributed by atoms with E-state index in [9.17, 15) is 13.6 Å². The summed E-state index contributed by atoms with van der Waals surface area (Å²) in [5, 5.41) is 7.06. The fourth-order valence-corrected chi connectivity index (χ4v) is 3.32. The third-order valence-electron chi connectivity index (χ3n) is 5.12. The van der Waals surface area contributed by atoms with E-state index in [1.54, 1.807) is 0 Å². The van der Waals surface area contributed by atoms with Crippen LogP contribution in [0.25, 0.3) is 5.65 Å². The first kappa shape index (κ1) is 18.5. The van der Waals surface area contributed by atoms with Crippen molar-refractivity contribution in [1.82, 2.24) is 19.9 Å². The topological polar surface area (TPSA) is 59.3 Å². The highest BCUT2D eigenvalue weighted by molar-refractivity contribution is 5.93. The molecule has 2 aromatic heterocycles. The Labute approximate surface area is 161 Å². The average molecular weight is 384 g/mol. The molecule has 1 N–H and O–H groups in total. The lowest BCUT2D eigenvalue weighted by Crippen LogP contribution is -2.28. The summed E-state index contributed by atoms with van der Waals surface area (Å²) in [6, 6.07) is 10.7. The molecule has 1 amide bonds. The van der Waals surface area contributed by atoms with E-state index < -0.39 is 12.3 Å². The van der Waals surface area contributed by atoms with Crippen molar-refractivity contribution >= 4 is 11.6 Å². The van der Waals surface area contributed by atoms with Gasteiger partial charge in [0.25, 0.3) is 12.3 Å². The van der Waals surface area contributed by atoms with Gasteiger partial charge in [-0.25, -0.2) is 18.3 Å². The van der Waals surface area contributed by atoms with Crippen molar-refractivity contribution in [3.8, 4) is 0 Å². The predicted molar refractivity (Wildman–Crippen MR) is 102 cm³/mol. The minimum Gasteiger partial charge on any atom is -0.344 e. The minimum absolute atomic E-state index is 0.0907. The van der Waals surface area contributed by atoms with Crippen molar-refractivity contribution < 1.29 is 13.6 Å². The van der Waals surface area contributed by atoms with Gasteiger partial charge >= 0.3 is 0 Å². The number of amides is 1. The van der Waals surface area contributed by atoms with E-state index in [4.69, 9.17) is 0 Å². The van der Waals surface area contributed by atoms with Gasteiger partial charge in [-0.05, 0) is 37.8 Å². The molecule has 3 aromatic rings. The fraction of sp³-hybridized carbons (Fsp3) is 0.381. The number of nitrogens with one attached hydrogen (secondary N) is 1. The van der Waals surface area contributed by atoms with Crippen molar-refractivity contribution in [2.45, 2.75) is 51.5 Å². The monoisotopic (exact) mass is 384 g/mol. The lowest BCUT2D eigenvalue weighted by Gasteiger charge is -2.17. The van der Waals surface area contributed by atoms with Crippen molar-refractivity contribution in [3.05, 3.63) is 64.6 Å². The van der Waals surface area contributed by atoms with Crippen LogP contribution in [-0.2, 0) is 0 Å². The standard InChI is InChI=1S/C21H22F2N4O/c1-3-15(13-6-4-12(2)5-7-13)25-21(28)17-11-19-24-16(14-8-9-14)10-18(20(22)23)27(19)26-17/h4-7,10-11,14-15,20H,3,8-9H2,1-2H3,(H,25,28). The number of carbonyl (C=O) groups excluding carboxylic acids is 1. The van der Waals surface area contributed by atoms with E-state index in [1.807, 2.05) is 38.1 Å². The number of alkyl halides is 2. The largest absolute Gasteiger partial charge is 0.344 e. The minimum atomic E-state index is -2.69. The van der Waals surface area contributed by atoms with Crippen LogP contribution in [0.2, 0.25) is 0 Å². The predicted octanol–water partition coefficient (Wildman–Crippen LogP) is 4.73. The number of carbonyl (C=O) groups is 1. The molecule has 2 heterocycles. The van der Waals surface area contributed by atoms with E-state index in [2.05, 4.69) is 15.4 Å². The number of aromatic nitrogens is 3. The van der Waals surface area contributed by atoms with Crippen molar-refractivity contribution in [3.63, 3.8) is 0 Å². The van der Waals surface area contributed by atoms with E-state index in [0.29, 0.717) is 12.1 Å². The molecule has 1 aromatic carbocycles. The molecule has 4 rings (SSSR count). The van der Waals surface area contributed by atoms with Gasteiger partial charge in [-0.1, -0.05) is 36.8 Å². The smallest absolute Gasteiger partial charge is 0.280 e. The molecule has 0 spiro atoms. The van der Waals surface area contributed by atoms with Crippen LogP contribution >= 0.6 is 0 Å². The summed E-state index contributed by atoms with van der Waals surface area (Å²) in [5.41, 5.74) is 2.94. The summed E-state index contributed by atoms with van der Waals surface area (Å²) < 4.78 is 28.1. The third-order valence-corrected chi connectivity index (χ3v) is 5.12. The number of aryl methyl sites for hydroxylation is 1. The highest BCUT2D eigenvalue weighted by Crippen LogP contribution is 2.40. The van der Waals surface area contributed by atoms with Crippen LogP contribution in [0.3, 0.4) is 0 Å². The van der Waals surface area contributed by atoms with Gasteiger partial charge in [0.2, 0.25) is 0 Å². The van der Waals surface area contributed by atoms with E-state index in [-0.39, 0.29) is 29.0 Å². The Balaban J connectivity index is 1.63. The zero-order valence-electron chi connectivity index (χ0n) is 15.8. The highest BCUT2D eigenvalue weighted by Gasteiger charge is 2.28. The summed E-state index contributed by atoms with van der Waals surface area (Å²) in [6.07, 6.45) is -0.0617. The number of fused-ring (bicyclic) bond motifs is 1. The van der Waals surface area contributed by atoms with Crippen LogP contribution in [0.5, 0.6) is 0 Å². The molecule has 1 saturated carbocycles. The van der Waals surface area contributed by atoms with Crippen LogP contribution in [0.15, 0.2) is 36.4 Å². The van der Waals surface area contributed by atoms with Gasteiger partial charge in [-0.15, -0.1) is 0 Å². The maximum absolute atomic E-state index is 13.5. The summed E-state index contributed by atoms with van der Waals surface area (Å²) in [4.78, 5) is 17.2. The normalized spacial score (nSPS) is 15.2. The fourth-order valence-electron chi connectivity index (χ4n) is 3.32. The van der Waals surface area contributed by atoms with Crippen molar-refractivity contribution in [1.29, 1.82) is 0 Å². The second kappa shape index (κ2) is 7.30. The Kier molecular flexibility index (Phi) is 4.83. The van der Waals surface area contributed by atoms with Crippen LogP contribution in [0.1, 0.15) is 77.6 Å². The SMILES string of the molecule is CCC(NC(=O)c1cc2nc(C3CC3)cc(C(F)F)n2n1)c1ccc(C)cc1. The molecule has 1 aliphatic carbocycles. The molecule has 1 fully saturated rings. The maximum Gasteiger partial charge on any atom is 0.280 e. The number of benzene rings is 1. The van der Waals surface area contributed by atoms with Crippen LogP contribution in [0.4, 0.5) is 8.78 Å². The molecule has 28 heavy (non-hydrogen) atoms. The molecule has 1 aliphatic rings. The third kappa shape index (κ3) is 3.61. The molecule has 7 heteroatoms. The molecule has 0 aliphatic heterocycles. The molecule has 0 radical (unpaired) electrons. The zero-order chi connectivity index (χ0) is 19.8. The van der Waals surface area contributed by atoms with Gasteiger partial charge < -0.3 is 5.32 Å². The lowest BCUT2D eigenvalue weighted by molar-refractivity contribution is 0.0929. The Morgan fingerprint density at radius 3 is 2.57 bits per heavy atom. The number of nitrogens with zero attached hydrogens (tertiary/aromatic N) is 3. The van der Waals surface area contributed by atoms with E-state index in [1.165, 1.54) is 12.1 Å². The van der Waals surface area contributed by atoms with Crippen molar-refractivity contribution in [2.24, 2.45) is 0 Å². The van der Waals surface area contributed by atoms with E-state index in [0.717, 1.165) is 28.5 Å². The quantitative estimate of drug-likeness (QED) is 0.668. The van der Waals surface area contributed by atoms with Gasteiger partial charge in [0.05, 0.1) is 6.04 Å². The zero-order valence-corrected chi connectivity index (χ0v) is 15.8. The number of rotatable bonds is 6. The Morgan fingerprint density at radius 2 is 1.96 bits per heavy atom. The first-order chi connectivity index (χ1) is 13.5. The van der Waals surface area contributed by atoms with Crippen LogP contribution in [0, 0.1) is 6.92 Å². The summed E-state index contributed by atoms with van der Waals surface area (Å²) in [5.74, 6) is -0.160. The van der Waals surface area contributed by atoms with Gasteiger partial charge in [0, 0.05) is 17.7 Å². The Bertz CT molecular complexity index is 1010. The lowest BCUT2D eigenvalue weighted by atomic mass is 10.0. The van der Waals surface area contributed by atoms with Gasteiger partial charge in [0.1, 0.15) is 5.69 Å². The number of halogens is 2. The maximum atomic E-state index is 13.5. The number of hydrogen-bond acceptors (Lipinski definition) is 3. The molecule has 0 bridgehead atoms.